The zero-order chi connectivity index (χ0) is 15.0. The van der Waals surface area contributed by atoms with Crippen molar-refractivity contribution in [3.8, 4) is 11.5 Å². The Morgan fingerprint density at radius 3 is 2.52 bits per heavy atom. The lowest BCUT2D eigenvalue weighted by molar-refractivity contribution is 0.205. The number of ether oxygens (including phenoxy) is 2. The molecule has 0 heterocycles. The second kappa shape index (κ2) is 8.50. The molecule has 0 saturated heterocycles. The number of para-hydroxylation sites is 2. The van der Waals surface area contributed by atoms with E-state index in [1.807, 2.05) is 24.3 Å². The van der Waals surface area contributed by atoms with E-state index in [4.69, 9.17) is 21.1 Å². The fourth-order valence-corrected chi connectivity index (χ4v) is 3.35. The predicted octanol–water partition coefficient (Wildman–Crippen LogP) is 3.85. The zero-order valence-electron chi connectivity index (χ0n) is 12.9. The van der Waals surface area contributed by atoms with Gasteiger partial charge in [0.25, 0.3) is 0 Å². The Hall–Kier alpha value is -0.930. The van der Waals surface area contributed by atoms with E-state index < -0.39 is 0 Å². The van der Waals surface area contributed by atoms with Crippen molar-refractivity contribution in [1.82, 2.24) is 5.32 Å². The Balaban J connectivity index is 1.69. The van der Waals surface area contributed by atoms with Crippen LogP contribution in [0.1, 0.15) is 32.1 Å². The van der Waals surface area contributed by atoms with Gasteiger partial charge in [0, 0.05) is 19.0 Å². The van der Waals surface area contributed by atoms with Crippen molar-refractivity contribution in [2.75, 3.05) is 32.7 Å². The average molecular weight is 312 g/mol. The lowest BCUT2D eigenvalue weighted by Crippen LogP contribution is -2.39. The third-order valence-corrected chi connectivity index (χ3v) is 4.87. The smallest absolute Gasteiger partial charge is 0.161 e. The predicted molar refractivity (Wildman–Crippen MR) is 87.6 cm³/mol. The first-order valence-electron chi connectivity index (χ1n) is 7.82. The van der Waals surface area contributed by atoms with Gasteiger partial charge >= 0.3 is 0 Å². The highest BCUT2D eigenvalue weighted by Gasteiger charge is 2.30. The van der Waals surface area contributed by atoms with Gasteiger partial charge in [0.15, 0.2) is 11.5 Å². The van der Waals surface area contributed by atoms with E-state index in [1.54, 1.807) is 7.11 Å². The molecule has 1 fully saturated rings. The lowest BCUT2D eigenvalue weighted by Gasteiger charge is -2.35. The van der Waals surface area contributed by atoms with Crippen molar-refractivity contribution in [3.63, 3.8) is 0 Å². The number of halogens is 1. The first kappa shape index (κ1) is 16.4. The largest absolute Gasteiger partial charge is 0.493 e. The van der Waals surface area contributed by atoms with Gasteiger partial charge in [-0.3, -0.25) is 0 Å². The summed E-state index contributed by atoms with van der Waals surface area (Å²) in [7, 11) is 1.66. The van der Waals surface area contributed by atoms with E-state index >= 15 is 0 Å². The van der Waals surface area contributed by atoms with Crippen LogP contribution in [0.5, 0.6) is 11.5 Å². The molecule has 0 amide bonds. The molecule has 0 aliphatic heterocycles. The molecule has 2 rings (SSSR count). The van der Waals surface area contributed by atoms with Crippen molar-refractivity contribution in [1.29, 1.82) is 0 Å². The maximum atomic E-state index is 6.20. The molecule has 0 radical (unpaired) electrons. The second-order valence-corrected chi connectivity index (χ2v) is 6.14. The molecule has 1 saturated carbocycles. The van der Waals surface area contributed by atoms with Crippen LogP contribution in [0.25, 0.3) is 0 Å². The Morgan fingerprint density at radius 1 is 1.14 bits per heavy atom. The molecule has 118 valence electrons. The Morgan fingerprint density at radius 2 is 1.86 bits per heavy atom. The van der Waals surface area contributed by atoms with E-state index in [0.29, 0.717) is 12.0 Å². The van der Waals surface area contributed by atoms with E-state index in [9.17, 15) is 0 Å². The maximum absolute atomic E-state index is 6.20. The van der Waals surface area contributed by atoms with Crippen LogP contribution in [0, 0.1) is 5.41 Å². The summed E-state index contributed by atoms with van der Waals surface area (Å²) in [4.78, 5) is 0. The minimum absolute atomic E-state index is 0.296. The van der Waals surface area contributed by atoms with E-state index in [0.717, 1.165) is 30.5 Å². The van der Waals surface area contributed by atoms with Gasteiger partial charge in [-0.1, -0.05) is 31.4 Å². The van der Waals surface area contributed by atoms with Gasteiger partial charge in [-0.05, 0) is 30.4 Å². The first-order valence-corrected chi connectivity index (χ1v) is 8.36. The van der Waals surface area contributed by atoms with Crippen LogP contribution in [0.4, 0.5) is 0 Å². The highest BCUT2D eigenvalue weighted by molar-refractivity contribution is 6.18. The molecule has 21 heavy (non-hydrogen) atoms. The van der Waals surface area contributed by atoms with E-state index in [1.165, 1.54) is 32.1 Å². The van der Waals surface area contributed by atoms with Crippen LogP contribution in [-0.4, -0.2) is 32.7 Å². The molecule has 4 heteroatoms. The molecule has 0 spiro atoms. The van der Waals surface area contributed by atoms with Crippen LogP contribution in [0.3, 0.4) is 0 Å². The summed E-state index contributed by atoms with van der Waals surface area (Å²) in [6.07, 6.45) is 6.47. The van der Waals surface area contributed by atoms with Gasteiger partial charge in [0.1, 0.15) is 6.61 Å². The highest BCUT2D eigenvalue weighted by Crippen LogP contribution is 2.36. The van der Waals surface area contributed by atoms with Gasteiger partial charge in [-0.2, -0.15) is 0 Å². The average Bonchev–Trinajstić information content (AvgIpc) is 2.56. The second-order valence-electron chi connectivity index (χ2n) is 5.87. The van der Waals surface area contributed by atoms with Crippen molar-refractivity contribution in [3.05, 3.63) is 24.3 Å². The molecular formula is C17H26ClNO2. The van der Waals surface area contributed by atoms with Crippen molar-refractivity contribution in [2.45, 2.75) is 32.1 Å². The molecule has 0 unspecified atom stereocenters. The molecule has 0 bridgehead atoms. The molecule has 1 aliphatic rings. The summed E-state index contributed by atoms with van der Waals surface area (Å²) in [6, 6.07) is 7.74. The third-order valence-electron chi connectivity index (χ3n) is 4.30. The summed E-state index contributed by atoms with van der Waals surface area (Å²) in [5.41, 5.74) is 0.296. The van der Waals surface area contributed by atoms with Crippen molar-refractivity contribution >= 4 is 11.6 Å². The fourth-order valence-electron chi connectivity index (χ4n) is 2.98. The van der Waals surface area contributed by atoms with E-state index in [2.05, 4.69) is 5.32 Å². The molecule has 1 aliphatic carbocycles. The first-order chi connectivity index (χ1) is 10.3. The highest BCUT2D eigenvalue weighted by atomic mass is 35.5. The zero-order valence-corrected chi connectivity index (χ0v) is 13.6. The minimum atomic E-state index is 0.296. The monoisotopic (exact) mass is 311 g/mol. The molecule has 1 aromatic carbocycles. The maximum Gasteiger partial charge on any atom is 0.161 e. The standard InChI is InChI=1S/C17H26ClNO2/c1-20-15-7-3-4-8-16(15)21-12-11-19-14-17(13-18)9-5-2-6-10-17/h3-4,7-8,19H,2,5-6,9-14H2,1H3. The van der Waals surface area contributed by atoms with Crippen LogP contribution < -0.4 is 14.8 Å². The Labute approximate surface area is 133 Å². The summed E-state index contributed by atoms with van der Waals surface area (Å²) in [6.45, 7) is 2.46. The van der Waals surface area contributed by atoms with Crippen LogP contribution in [0.2, 0.25) is 0 Å². The number of rotatable bonds is 8. The summed E-state index contributed by atoms with van der Waals surface area (Å²) >= 11 is 6.20. The quantitative estimate of drug-likeness (QED) is 0.584. The molecule has 3 nitrogen and oxygen atoms in total. The molecular weight excluding hydrogens is 286 g/mol. The molecule has 0 aromatic heterocycles. The lowest BCUT2D eigenvalue weighted by atomic mass is 9.75. The normalized spacial score (nSPS) is 17.4. The Bertz CT molecular complexity index is 419. The van der Waals surface area contributed by atoms with Crippen molar-refractivity contribution in [2.24, 2.45) is 5.41 Å². The number of nitrogens with one attached hydrogen (secondary N) is 1. The van der Waals surface area contributed by atoms with Gasteiger partial charge in [-0.15, -0.1) is 11.6 Å². The van der Waals surface area contributed by atoms with Gasteiger partial charge < -0.3 is 14.8 Å². The summed E-state index contributed by atoms with van der Waals surface area (Å²) in [5.74, 6) is 2.33. The molecule has 1 N–H and O–H groups in total. The number of alkyl halides is 1. The van der Waals surface area contributed by atoms with E-state index in [-0.39, 0.29) is 0 Å². The Kier molecular flexibility index (Phi) is 6.65. The molecule has 0 atom stereocenters. The summed E-state index contributed by atoms with van der Waals surface area (Å²) in [5, 5.41) is 3.50. The number of hydrogen-bond donors (Lipinski definition) is 1. The van der Waals surface area contributed by atoms with Crippen LogP contribution >= 0.6 is 11.6 Å². The number of methoxy groups -OCH3 is 1. The fraction of sp³-hybridized carbons (Fsp3) is 0.647. The molecule has 1 aromatic rings. The number of benzene rings is 1. The van der Waals surface area contributed by atoms with Crippen LogP contribution in [-0.2, 0) is 0 Å². The third kappa shape index (κ3) is 4.79. The van der Waals surface area contributed by atoms with Crippen molar-refractivity contribution < 1.29 is 9.47 Å². The van der Waals surface area contributed by atoms with Crippen LogP contribution in [0.15, 0.2) is 24.3 Å². The van der Waals surface area contributed by atoms with Gasteiger partial charge in [0.05, 0.1) is 7.11 Å². The summed E-state index contributed by atoms with van der Waals surface area (Å²) < 4.78 is 11.0. The minimum Gasteiger partial charge on any atom is -0.493 e. The van der Waals surface area contributed by atoms with Gasteiger partial charge in [0.2, 0.25) is 0 Å². The number of hydrogen-bond acceptors (Lipinski definition) is 3. The SMILES string of the molecule is COc1ccccc1OCCNCC1(CCl)CCCCC1. The van der Waals surface area contributed by atoms with Gasteiger partial charge in [-0.25, -0.2) is 0 Å². The topological polar surface area (TPSA) is 30.5 Å².